The fraction of sp³-hybridized carbons (Fsp3) is 0.357. The maximum Gasteiger partial charge on any atom is 0.112 e. The summed E-state index contributed by atoms with van der Waals surface area (Å²) < 4.78 is 0. The molecule has 0 saturated heterocycles. The zero-order chi connectivity index (χ0) is 13.2. The van der Waals surface area contributed by atoms with Crippen molar-refractivity contribution in [2.45, 2.75) is 32.9 Å². The normalized spacial score (nSPS) is 10.6. The maximum absolute atomic E-state index is 5.77. The summed E-state index contributed by atoms with van der Waals surface area (Å²) in [5.41, 5.74) is 8.72. The fourth-order valence-electron chi connectivity index (χ4n) is 1.74. The van der Waals surface area contributed by atoms with Gasteiger partial charge in [-0.3, -0.25) is 0 Å². The molecule has 0 aliphatic carbocycles. The Bertz CT molecular complexity index is 541. The van der Waals surface area contributed by atoms with Gasteiger partial charge in [-0.1, -0.05) is 12.1 Å². The second-order valence-corrected chi connectivity index (χ2v) is 5.88. The van der Waals surface area contributed by atoms with Crippen LogP contribution in [0.25, 0.3) is 0 Å². The van der Waals surface area contributed by atoms with Crippen LogP contribution < -0.4 is 11.1 Å². The topological polar surface area (TPSA) is 50.9 Å². The molecule has 0 saturated carbocycles. The van der Waals surface area contributed by atoms with Gasteiger partial charge in [-0.05, 0) is 38.5 Å². The van der Waals surface area contributed by atoms with Gasteiger partial charge in [0.1, 0.15) is 5.01 Å². The maximum atomic E-state index is 5.77. The predicted molar refractivity (Wildman–Crippen MR) is 92.1 cm³/mol. The Hall–Kier alpha value is -0.810. The van der Waals surface area contributed by atoms with Gasteiger partial charge in [-0.2, -0.15) is 0 Å². The van der Waals surface area contributed by atoms with Crippen LogP contribution >= 0.6 is 36.2 Å². The molecule has 0 atom stereocenters. The van der Waals surface area contributed by atoms with Gasteiger partial charge >= 0.3 is 0 Å². The molecule has 2 rings (SSSR count). The van der Waals surface area contributed by atoms with Crippen molar-refractivity contribution in [3.63, 3.8) is 0 Å². The zero-order valence-corrected chi connectivity index (χ0v) is 14.3. The zero-order valence-electron chi connectivity index (χ0n) is 11.8. The van der Waals surface area contributed by atoms with Crippen molar-refractivity contribution in [3.05, 3.63) is 45.9 Å². The number of hydrogen-bond donors (Lipinski definition) is 2. The number of benzene rings is 1. The number of aromatic nitrogens is 1. The molecule has 3 nitrogen and oxygen atoms in total. The first-order chi connectivity index (χ1) is 8.47. The van der Waals surface area contributed by atoms with Gasteiger partial charge in [0, 0.05) is 23.3 Å². The first kappa shape index (κ1) is 19.2. The molecule has 0 unspecified atom stereocenters. The van der Waals surface area contributed by atoms with Gasteiger partial charge in [0.25, 0.3) is 0 Å². The molecule has 3 N–H and O–H groups in total. The number of thiazole rings is 1. The Morgan fingerprint density at radius 2 is 2.00 bits per heavy atom. The molecule has 20 heavy (non-hydrogen) atoms. The van der Waals surface area contributed by atoms with Crippen molar-refractivity contribution in [1.29, 1.82) is 0 Å². The second-order valence-electron chi connectivity index (χ2n) is 5.02. The van der Waals surface area contributed by atoms with Gasteiger partial charge in [0.15, 0.2) is 0 Å². The third-order valence-corrected chi connectivity index (χ3v) is 4.12. The lowest BCUT2D eigenvalue weighted by atomic mass is 10.1. The SMILES string of the molecule is Cc1csc(C(C)(C)NCc2cccc(N)c2)n1.Cl.Cl. The lowest BCUT2D eigenvalue weighted by Crippen LogP contribution is -2.35. The quantitative estimate of drug-likeness (QED) is 0.834. The minimum atomic E-state index is -0.121. The number of nitrogens with two attached hydrogens (primary N) is 1. The van der Waals surface area contributed by atoms with E-state index in [-0.39, 0.29) is 30.4 Å². The largest absolute Gasteiger partial charge is 0.399 e. The lowest BCUT2D eigenvalue weighted by molar-refractivity contribution is 0.399. The molecule has 0 bridgehead atoms. The number of nitrogens with one attached hydrogen (secondary N) is 1. The van der Waals surface area contributed by atoms with Crippen molar-refractivity contribution in [2.24, 2.45) is 0 Å². The third-order valence-electron chi connectivity index (χ3n) is 2.84. The smallest absolute Gasteiger partial charge is 0.112 e. The van der Waals surface area contributed by atoms with E-state index < -0.39 is 0 Å². The molecular formula is C14H21Cl2N3S. The molecular weight excluding hydrogens is 313 g/mol. The number of halogens is 2. The van der Waals surface area contributed by atoms with Crippen LogP contribution in [0.15, 0.2) is 29.6 Å². The first-order valence-corrected chi connectivity index (χ1v) is 6.87. The van der Waals surface area contributed by atoms with Gasteiger partial charge in [0.2, 0.25) is 0 Å². The van der Waals surface area contributed by atoms with Crippen LogP contribution in [0.1, 0.15) is 30.1 Å². The van der Waals surface area contributed by atoms with E-state index in [1.165, 1.54) is 5.56 Å². The van der Waals surface area contributed by atoms with Gasteiger partial charge in [-0.15, -0.1) is 36.2 Å². The average Bonchev–Trinajstić information content (AvgIpc) is 2.74. The summed E-state index contributed by atoms with van der Waals surface area (Å²) in [7, 11) is 0. The van der Waals surface area contributed by atoms with Gasteiger partial charge in [-0.25, -0.2) is 4.98 Å². The molecule has 0 spiro atoms. The summed E-state index contributed by atoms with van der Waals surface area (Å²) in [6.45, 7) is 7.11. The van der Waals surface area contributed by atoms with E-state index in [4.69, 9.17) is 5.73 Å². The summed E-state index contributed by atoms with van der Waals surface area (Å²) in [6, 6.07) is 7.95. The molecule has 1 aromatic heterocycles. The Kier molecular flexibility index (Phi) is 7.52. The van der Waals surface area contributed by atoms with E-state index >= 15 is 0 Å². The van der Waals surface area contributed by atoms with Crippen LogP contribution in [-0.4, -0.2) is 4.98 Å². The van der Waals surface area contributed by atoms with Crippen LogP contribution in [0.3, 0.4) is 0 Å². The molecule has 0 radical (unpaired) electrons. The van der Waals surface area contributed by atoms with Crippen LogP contribution in [0.2, 0.25) is 0 Å². The molecule has 1 aromatic carbocycles. The number of aryl methyl sites for hydroxylation is 1. The molecule has 6 heteroatoms. The third kappa shape index (κ3) is 4.94. The van der Waals surface area contributed by atoms with E-state index in [1.54, 1.807) is 11.3 Å². The summed E-state index contributed by atoms with van der Waals surface area (Å²) in [5, 5.41) is 6.72. The molecule has 0 aliphatic heterocycles. The molecule has 0 fully saturated rings. The average molecular weight is 334 g/mol. The van der Waals surface area contributed by atoms with Crippen molar-refractivity contribution >= 4 is 41.8 Å². The minimum absolute atomic E-state index is 0. The van der Waals surface area contributed by atoms with Crippen LogP contribution in [0.4, 0.5) is 5.69 Å². The fourth-order valence-corrected chi connectivity index (χ4v) is 2.64. The monoisotopic (exact) mass is 333 g/mol. The van der Waals surface area contributed by atoms with Crippen molar-refractivity contribution in [1.82, 2.24) is 10.3 Å². The summed E-state index contributed by atoms with van der Waals surface area (Å²) in [4.78, 5) is 4.54. The highest BCUT2D eigenvalue weighted by atomic mass is 35.5. The number of rotatable bonds is 4. The Morgan fingerprint density at radius 1 is 1.30 bits per heavy atom. The van der Waals surface area contributed by atoms with Crippen molar-refractivity contribution in [3.8, 4) is 0 Å². The highest BCUT2D eigenvalue weighted by Gasteiger charge is 2.22. The molecule has 0 amide bonds. The summed E-state index contributed by atoms with van der Waals surface area (Å²) in [5.74, 6) is 0. The van der Waals surface area contributed by atoms with E-state index in [0.29, 0.717) is 0 Å². The van der Waals surface area contributed by atoms with E-state index in [0.717, 1.165) is 22.9 Å². The second kappa shape index (κ2) is 7.84. The Labute approximate surface area is 136 Å². The number of nitrogen functional groups attached to an aromatic ring is 1. The number of nitrogens with zero attached hydrogens (tertiary/aromatic N) is 1. The van der Waals surface area contributed by atoms with Crippen LogP contribution in [-0.2, 0) is 12.1 Å². The highest BCUT2D eigenvalue weighted by molar-refractivity contribution is 7.09. The standard InChI is InChI=1S/C14H19N3S.2ClH/c1-10-9-18-13(17-10)14(2,3)16-8-11-5-4-6-12(15)7-11;;/h4-7,9,16H,8,15H2,1-3H3;2*1H. The lowest BCUT2D eigenvalue weighted by Gasteiger charge is -2.24. The van der Waals surface area contributed by atoms with Crippen molar-refractivity contribution < 1.29 is 0 Å². The van der Waals surface area contributed by atoms with Gasteiger partial charge < -0.3 is 11.1 Å². The number of hydrogen-bond acceptors (Lipinski definition) is 4. The van der Waals surface area contributed by atoms with Gasteiger partial charge in [0.05, 0.1) is 5.54 Å². The Balaban J connectivity index is 0.00000180. The van der Waals surface area contributed by atoms with Crippen LogP contribution in [0, 0.1) is 6.92 Å². The molecule has 1 heterocycles. The van der Waals surface area contributed by atoms with E-state index in [1.807, 2.05) is 25.1 Å². The summed E-state index contributed by atoms with van der Waals surface area (Å²) in [6.07, 6.45) is 0. The predicted octanol–water partition coefficient (Wildman–Crippen LogP) is 3.90. The van der Waals surface area contributed by atoms with Crippen LogP contribution in [0.5, 0.6) is 0 Å². The molecule has 0 aliphatic rings. The minimum Gasteiger partial charge on any atom is -0.399 e. The Morgan fingerprint density at radius 3 is 2.55 bits per heavy atom. The van der Waals surface area contributed by atoms with E-state index in [2.05, 4.69) is 35.6 Å². The first-order valence-electron chi connectivity index (χ1n) is 5.99. The highest BCUT2D eigenvalue weighted by Crippen LogP contribution is 2.24. The molecule has 2 aromatic rings. The number of anilines is 1. The van der Waals surface area contributed by atoms with E-state index in [9.17, 15) is 0 Å². The molecule has 112 valence electrons. The summed E-state index contributed by atoms with van der Waals surface area (Å²) >= 11 is 1.70. The van der Waals surface area contributed by atoms with Crippen molar-refractivity contribution in [2.75, 3.05) is 5.73 Å².